The second-order valence-corrected chi connectivity index (χ2v) is 5.61. The zero-order valence-corrected chi connectivity index (χ0v) is 13.3. The molecule has 0 aliphatic carbocycles. The van der Waals surface area contributed by atoms with Crippen LogP contribution in [0.15, 0.2) is 12.1 Å². The monoisotopic (exact) mass is 289 g/mol. The Balaban J connectivity index is 1.89. The Morgan fingerprint density at radius 1 is 1.14 bits per heavy atom. The fourth-order valence-corrected chi connectivity index (χ4v) is 2.47. The van der Waals surface area contributed by atoms with Gasteiger partial charge in [0.2, 0.25) is 5.91 Å². The van der Waals surface area contributed by atoms with Crippen LogP contribution in [0.2, 0.25) is 0 Å². The molecule has 0 aliphatic rings. The SMILES string of the molecule is Cc1cc(C)n(CC(=O)NCC(C)n2nc(C)cc2C)n1. The molecule has 2 aromatic heterocycles. The molecule has 1 unspecified atom stereocenters. The first-order chi connectivity index (χ1) is 9.86. The van der Waals surface area contributed by atoms with Crippen molar-refractivity contribution in [2.75, 3.05) is 6.54 Å². The van der Waals surface area contributed by atoms with E-state index < -0.39 is 0 Å². The van der Waals surface area contributed by atoms with Crippen LogP contribution in [0.25, 0.3) is 0 Å². The lowest BCUT2D eigenvalue weighted by Gasteiger charge is -2.15. The van der Waals surface area contributed by atoms with Gasteiger partial charge < -0.3 is 5.32 Å². The lowest BCUT2D eigenvalue weighted by Crippen LogP contribution is -2.33. The van der Waals surface area contributed by atoms with Crippen molar-refractivity contribution >= 4 is 5.91 Å². The van der Waals surface area contributed by atoms with Gasteiger partial charge in [0.15, 0.2) is 0 Å². The van der Waals surface area contributed by atoms with Gasteiger partial charge in [0.1, 0.15) is 6.54 Å². The highest BCUT2D eigenvalue weighted by Gasteiger charge is 2.12. The number of amides is 1. The molecule has 0 spiro atoms. The van der Waals surface area contributed by atoms with Crippen molar-refractivity contribution in [3.05, 3.63) is 34.9 Å². The van der Waals surface area contributed by atoms with Gasteiger partial charge in [-0.2, -0.15) is 10.2 Å². The van der Waals surface area contributed by atoms with Gasteiger partial charge in [-0.3, -0.25) is 14.2 Å². The molecule has 1 amide bonds. The molecule has 0 radical (unpaired) electrons. The first-order valence-corrected chi connectivity index (χ1v) is 7.17. The summed E-state index contributed by atoms with van der Waals surface area (Å²) in [6.07, 6.45) is 0. The second kappa shape index (κ2) is 6.11. The van der Waals surface area contributed by atoms with Gasteiger partial charge in [-0.25, -0.2) is 0 Å². The summed E-state index contributed by atoms with van der Waals surface area (Å²) < 4.78 is 3.66. The Labute approximate surface area is 125 Å². The Kier molecular flexibility index (Phi) is 4.45. The molecule has 0 fully saturated rings. The minimum Gasteiger partial charge on any atom is -0.352 e. The molecule has 2 aromatic rings. The number of aromatic nitrogens is 4. The first-order valence-electron chi connectivity index (χ1n) is 7.17. The van der Waals surface area contributed by atoms with E-state index in [9.17, 15) is 4.79 Å². The first kappa shape index (κ1) is 15.3. The summed E-state index contributed by atoms with van der Waals surface area (Å²) in [5, 5.41) is 11.7. The van der Waals surface area contributed by atoms with E-state index in [-0.39, 0.29) is 18.5 Å². The maximum Gasteiger partial charge on any atom is 0.241 e. The topological polar surface area (TPSA) is 64.7 Å². The van der Waals surface area contributed by atoms with Gasteiger partial charge >= 0.3 is 0 Å². The zero-order chi connectivity index (χ0) is 15.6. The van der Waals surface area contributed by atoms with E-state index in [4.69, 9.17) is 0 Å². The highest BCUT2D eigenvalue weighted by atomic mass is 16.2. The van der Waals surface area contributed by atoms with Gasteiger partial charge in [0.25, 0.3) is 0 Å². The third-order valence-corrected chi connectivity index (χ3v) is 3.45. The molecule has 1 N–H and O–H groups in total. The highest BCUT2D eigenvalue weighted by molar-refractivity contribution is 5.75. The van der Waals surface area contributed by atoms with Gasteiger partial charge in [0.05, 0.1) is 17.4 Å². The van der Waals surface area contributed by atoms with Crippen LogP contribution in [0.3, 0.4) is 0 Å². The minimum absolute atomic E-state index is 0.0328. The van der Waals surface area contributed by atoms with E-state index in [1.54, 1.807) is 4.68 Å². The zero-order valence-electron chi connectivity index (χ0n) is 13.3. The molecule has 0 bridgehead atoms. The molecule has 21 heavy (non-hydrogen) atoms. The van der Waals surface area contributed by atoms with Crippen molar-refractivity contribution in [1.29, 1.82) is 0 Å². The summed E-state index contributed by atoms with van der Waals surface area (Å²) in [5.41, 5.74) is 4.02. The van der Waals surface area contributed by atoms with Crippen molar-refractivity contribution in [2.24, 2.45) is 0 Å². The molecule has 0 aromatic carbocycles. The molecular weight excluding hydrogens is 266 g/mol. The Hall–Kier alpha value is -2.11. The number of nitrogens with one attached hydrogen (secondary N) is 1. The summed E-state index contributed by atoms with van der Waals surface area (Å²) in [6.45, 7) is 10.7. The second-order valence-electron chi connectivity index (χ2n) is 5.61. The van der Waals surface area contributed by atoms with Crippen molar-refractivity contribution < 1.29 is 4.79 Å². The van der Waals surface area contributed by atoms with Gasteiger partial charge in [-0.05, 0) is 46.8 Å². The molecule has 6 nitrogen and oxygen atoms in total. The molecule has 114 valence electrons. The molecule has 0 saturated heterocycles. The summed E-state index contributed by atoms with van der Waals surface area (Å²) in [5.74, 6) is -0.0328. The summed E-state index contributed by atoms with van der Waals surface area (Å²) in [4.78, 5) is 12.0. The van der Waals surface area contributed by atoms with E-state index in [0.717, 1.165) is 22.8 Å². The number of carbonyl (C=O) groups excluding carboxylic acids is 1. The van der Waals surface area contributed by atoms with Crippen LogP contribution < -0.4 is 5.32 Å². The largest absolute Gasteiger partial charge is 0.352 e. The van der Waals surface area contributed by atoms with Crippen LogP contribution in [0.4, 0.5) is 0 Å². The summed E-state index contributed by atoms with van der Waals surface area (Å²) in [6, 6.07) is 4.13. The number of nitrogens with zero attached hydrogens (tertiary/aromatic N) is 4. The highest BCUT2D eigenvalue weighted by Crippen LogP contribution is 2.09. The van der Waals surface area contributed by atoms with Crippen LogP contribution in [-0.4, -0.2) is 32.0 Å². The Morgan fingerprint density at radius 2 is 1.76 bits per heavy atom. The average Bonchev–Trinajstić information content (AvgIpc) is 2.89. The van der Waals surface area contributed by atoms with Crippen molar-refractivity contribution in [3.63, 3.8) is 0 Å². The molecule has 0 saturated carbocycles. The molecular formula is C15H23N5O. The van der Waals surface area contributed by atoms with Crippen molar-refractivity contribution in [1.82, 2.24) is 24.9 Å². The fourth-order valence-electron chi connectivity index (χ4n) is 2.47. The lowest BCUT2D eigenvalue weighted by atomic mass is 10.3. The van der Waals surface area contributed by atoms with E-state index in [1.807, 2.05) is 51.4 Å². The molecule has 2 rings (SSSR count). The average molecular weight is 289 g/mol. The Bertz CT molecular complexity index is 641. The molecule has 1 atom stereocenters. The van der Waals surface area contributed by atoms with Crippen LogP contribution in [-0.2, 0) is 11.3 Å². The third kappa shape index (κ3) is 3.71. The van der Waals surface area contributed by atoms with Crippen LogP contribution in [0, 0.1) is 27.7 Å². The van der Waals surface area contributed by atoms with Crippen LogP contribution >= 0.6 is 0 Å². The van der Waals surface area contributed by atoms with E-state index in [0.29, 0.717) is 6.54 Å². The fraction of sp³-hybridized carbons (Fsp3) is 0.533. The Morgan fingerprint density at radius 3 is 2.29 bits per heavy atom. The lowest BCUT2D eigenvalue weighted by molar-refractivity contribution is -0.122. The normalized spacial score (nSPS) is 12.4. The predicted molar refractivity (Wildman–Crippen MR) is 81.1 cm³/mol. The number of aryl methyl sites for hydroxylation is 4. The number of carbonyl (C=O) groups is 1. The van der Waals surface area contributed by atoms with E-state index in [1.165, 1.54) is 0 Å². The third-order valence-electron chi connectivity index (χ3n) is 3.45. The quantitative estimate of drug-likeness (QED) is 0.911. The number of hydrogen-bond acceptors (Lipinski definition) is 3. The van der Waals surface area contributed by atoms with Crippen molar-refractivity contribution in [3.8, 4) is 0 Å². The van der Waals surface area contributed by atoms with Gasteiger partial charge in [0, 0.05) is 17.9 Å². The summed E-state index contributed by atoms with van der Waals surface area (Å²) in [7, 11) is 0. The standard InChI is InChI=1S/C15H23N5O/c1-10-6-12(3)19(17-10)9-15(21)16-8-14(5)20-13(4)7-11(2)18-20/h6-7,14H,8-9H2,1-5H3,(H,16,21). The van der Waals surface area contributed by atoms with Crippen LogP contribution in [0.1, 0.15) is 35.7 Å². The van der Waals surface area contributed by atoms with Crippen molar-refractivity contribution in [2.45, 2.75) is 47.2 Å². The smallest absolute Gasteiger partial charge is 0.241 e. The molecule has 0 aliphatic heterocycles. The molecule has 2 heterocycles. The van der Waals surface area contributed by atoms with Gasteiger partial charge in [-0.1, -0.05) is 0 Å². The molecule has 6 heteroatoms. The minimum atomic E-state index is -0.0328. The maximum absolute atomic E-state index is 12.0. The summed E-state index contributed by atoms with van der Waals surface area (Å²) >= 11 is 0. The van der Waals surface area contributed by atoms with E-state index in [2.05, 4.69) is 15.5 Å². The maximum atomic E-state index is 12.0. The number of rotatable bonds is 5. The number of hydrogen-bond donors (Lipinski definition) is 1. The predicted octanol–water partition coefficient (Wildman–Crippen LogP) is 1.69. The van der Waals surface area contributed by atoms with E-state index >= 15 is 0 Å². The van der Waals surface area contributed by atoms with Gasteiger partial charge in [-0.15, -0.1) is 0 Å². The van der Waals surface area contributed by atoms with Crippen LogP contribution in [0.5, 0.6) is 0 Å².